The minimum absolute atomic E-state index is 0.172. The van der Waals surface area contributed by atoms with Gasteiger partial charge >= 0.3 is 6.18 Å². The van der Waals surface area contributed by atoms with E-state index in [0.29, 0.717) is 15.6 Å². The maximum absolute atomic E-state index is 13.5. The first-order valence-corrected chi connectivity index (χ1v) is 10.7. The maximum atomic E-state index is 13.5. The first-order valence-electron chi connectivity index (χ1n) is 9.89. The molecule has 0 bridgehead atoms. The summed E-state index contributed by atoms with van der Waals surface area (Å²) in [7, 11) is 0. The number of alkyl halides is 3. The van der Waals surface area contributed by atoms with Crippen LogP contribution in [-0.2, 0) is 6.18 Å². The van der Waals surface area contributed by atoms with Crippen LogP contribution in [0.25, 0.3) is 10.6 Å². The summed E-state index contributed by atoms with van der Waals surface area (Å²) < 4.78 is 46.1. The number of halogens is 3. The molecule has 0 spiro atoms. The smallest absolute Gasteiger partial charge is 0.419 e. The van der Waals surface area contributed by atoms with E-state index in [1.54, 1.807) is 6.07 Å². The van der Waals surface area contributed by atoms with E-state index in [9.17, 15) is 18.3 Å². The lowest BCUT2D eigenvalue weighted by molar-refractivity contribution is -0.138. The monoisotopic (exact) mass is 431 g/mol. The van der Waals surface area contributed by atoms with Gasteiger partial charge in [0.1, 0.15) is 15.8 Å². The van der Waals surface area contributed by atoms with Crippen molar-refractivity contribution in [2.45, 2.75) is 57.5 Å². The second-order valence-electron chi connectivity index (χ2n) is 6.89. The Kier molecular flexibility index (Phi) is 9.32. The summed E-state index contributed by atoms with van der Waals surface area (Å²) in [6.07, 6.45) is 1.68. The Morgan fingerprint density at radius 3 is 2.52 bits per heavy atom. The number of unbranched alkanes of at least 4 members (excludes halogenated alkanes) is 5. The molecule has 162 valence electrons. The Morgan fingerprint density at radius 2 is 1.86 bits per heavy atom. The Labute approximate surface area is 173 Å². The summed E-state index contributed by atoms with van der Waals surface area (Å²) >= 11 is 1.13. The van der Waals surface area contributed by atoms with E-state index in [1.807, 2.05) is 0 Å². The molecule has 0 fully saturated rings. The zero-order valence-corrected chi connectivity index (χ0v) is 17.4. The number of aliphatic hydroxyl groups is 1. The van der Waals surface area contributed by atoms with Crippen LogP contribution < -0.4 is 10.5 Å². The molecule has 0 aliphatic carbocycles. The number of nitrogens with zero attached hydrogens (tertiary/aromatic N) is 2. The molecule has 0 saturated carbocycles. The van der Waals surface area contributed by atoms with Crippen LogP contribution >= 0.6 is 11.3 Å². The van der Waals surface area contributed by atoms with E-state index in [1.165, 1.54) is 12.5 Å². The van der Waals surface area contributed by atoms with Gasteiger partial charge in [-0.1, -0.05) is 50.4 Å². The molecular formula is C20H28F3N3O2S. The molecule has 2 aromatic rings. The number of nitrogens with two attached hydrogens (primary N) is 1. The number of hydrogen-bond acceptors (Lipinski definition) is 6. The van der Waals surface area contributed by atoms with Crippen molar-refractivity contribution in [1.29, 1.82) is 0 Å². The summed E-state index contributed by atoms with van der Waals surface area (Å²) in [5.74, 6) is -0.544. The molecule has 29 heavy (non-hydrogen) atoms. The summed E-state index contributed by atoms with van der Waals surface area (Å²) in [4.78, 5) is 0. The van der Waals surface area contributed by atoms with Crippen LogP contribution in [-0.4, -0.2) is 35.1 Å². The number of ether oxygens (including phenoxy) is 1. The van der Waals surface area contributed by atoms with Crippen LogP contribution in [0, 0.1) is 0 Å². The molecule has 0 amide bonds. The van der Waals surface area contributed by atoms with Crippen molar-refractivity contribution in [3.8, 4) is 16.3 Å². The molecule has 1 unspecified atom stereocenters. The van der Waals surface area contributed by atoms with E-state index in [0.717, 1.165) is 49.5 Å². The normalized spacial score (nSPS) is 12.9. The summed E-state index contributed by atoms with van der Waals surface area (Å²) in [5, 5.41) is 18.1. The zero-order valence-electron chi connectivity index (χ0n) is 16.5. The molecule has 5 nitrogen and oxygen atoms in total. The fourth-order valence-corrected chi connectivity index (χ4v) is 3.79. The van der Waals surface area contributed by atoms with Crippen LogP contribution in [0.2, 0.25) is 0 Å². The molecule has 0 radical (unpaired) electrons. The highest BCUT2D eigenvalue weighted by Crippen LogP contribution is 2.39. The number of aromatic nitrogens is 2. The van der Waals surface area contributed by atoms with Crippen molar-refractivity contribution in [3.05, 3.63) is 28.8 Å². The second kappa shape index (κ2) is 11.5. The maximum Gasteiger partial charge on any atom is 0.419 e. The zero-order chi connectivity index (χ0) is 21.3. The molecule has 1 heterocycles. The van der Waals surface area contributed by atoms with E-state index >= 15 is 0 Å². The number of rotatable bonds is 12. The van der Waals surface area contributed by atoms with Gasteiger partial charge in [-0.25, -0.2) is 0 Å². The molecule has 9 heteroatoms. The van der Waals surface area contributed by atoms with E-state index in [4.69, 9.17) is 10.5 Å². The van der Waals surface area contributed by atoms with Crippen molar-refractivity contribution in [2.75, 3.05) is 19.8 Å². The Balaban J connectivity index is 2.09. The van der Waals surface area contributed by atoms with Gasteiger partial charge in [0.05, 0.1) is 18.8 Å². The van der Waals surface area contributed by atoms with Gasteiger partial charge in [0, 0.05) is 18.0 Å². The number of aliphatic hydroxyl groups excluding tert-OH is 1. The molecular weight excluding hydrogens is 403 g/mol. The van der Waals surface area contributed by atoms with Crippen LogP contribution in [0.15, 0.2) is 18.2 Å². The van der Waals surface area contributed by atoms with Gasteiger partial charge in [-0.3, -0.25) is 0 Å². The van der Waals surface area contributed by atoms with Gasteiger partial charge in [0.15, 0.2) is 0 Å². The van der Waals surface area contributed by atoms with E-state index in [-0.39, 0.29) is 31.4 Å². The molecule has 3 N–H and O–H groups in total. The third-order valence-electron chi connectivity index (χ3n) is 4.58. The largest absolute Gasteiger partial charge is 0.493 e. The lowest BCUT2D eigenvalue weighted by Gasteiger charge is -2.15. The van der Waals surface area contributed by atoms with Gasteiger partial charge in [-0.2, -0.15) is 13.2 Å². The Morgan fingerprint density at radius 1 is 1.14 bits per heavy atom. The SMILES string of the molecule is CCCCCCCCOc1ccc(-c2nnc(C(CN)CO)s2)cc1C(F)(F)F. The number of benzene rings is 1. The quantitative estimate of drug-likeness (QED) is 0.462. The highest BCUT2D eigenvalue weighted by molar-refractivity contribution is 7.14. The molecule has 1 aromatic heterocycles. The molecule has 1 atom stereocenters. The lowest BCUT2D eigenvalue weighted by atomic mass is 10.1. The van der Waals surface area contributed by atoms with Crippen molar-refractivity contribution >= 4 is 11.3 Å². The summed E-state index contributed by atoms with van der Waals surface area (Å²) in [6, 6.07) is 3.92. The van der Waals surface area contributed by atoms with Gasteiger partial charge in [0.25, 0.3) is 0 Å². The average Bonchev–Trinajstić information content (AvgIpc) is 3.17. The first kappa shape index (κ1) is 23.6. The van der Waals surface area contributed by atoms with E-state index in [2.05, 4.69) is 17.1 Å². The minimum Gasteiger partial charge on any atom is -0.493 e. The molecule has 2 rings (SSSR count). The van der Waals surface area contributed by atoms with Crippen LogP contribution in [0.4, 0.5) is 13.2 Å². The third kappa shape index (κ3) is 6.94. The lowest BCUT2D eigenvalue weighted by Crippen LogP contribution is -2.15. The average molecular weight is 432 g/mol. The van der Waals surface area contributed by atoms with Crippen LogP contribution in [0.3, 0.4) is 0 Å². The van der Waals surface area contributed by atoms with Gasteiger partial charge < -0.3 is 15.6 Å². The Hall–Kier alpha value is -1.71. The highest BCUT2D eigenvalue weighted by Gasteiger charge is 2.35. The van der Waals surface area contributed by atoms with Gasteiger partial charge in [0.2, 0.25) is 0 Å². The predicted octanol–water partition coefficient (Wildman–Crippen LogP) is 5.00. The topological polar surface area (TPSA) is 81.3 Å². The van der Waals surface area contributed by atoms with Gasteiger partial charge in [-0.15, -0.1) is 10.2 Å². The standard InChI is InChI=1S/C20H28F3N3O2S/c1-2-3-4-5-6-7-10-28-17-9-8-14(11-16(17)20(21,22)23)18-25-26-19(29-18)15(12-24)13-27/h8-9,11,15,27H,2-7,10,12-13,24H2,1H3. The van der Waals surface area contributed by atoms with Crippen LogP contribution in [0.1, 0.15) is 61.9 Å². The third-order valence-corrected chi connectivity index (χ3v) is 5.72. The summed E-state index contributed by atoms with van der Waals surface area (Å²) in [5.41, 5.74) is 5.05. The van der Waals surface area contributed by atoms with E-state index < -0.39 is 11.7 Å². The predicted molar refractivity (Wildman–Crippen MR) is 108 cm³/mol. The van der Waals surface area contributed by atoms with Crippen LogP contribution in [0.5, 0.6) is 5.75 Å². The summed E-state index contributed by atoms with van der Waals surface area (Å²) in [6.45, 7) is 2.39. The highest BCUT2D eigenvalue weighted by atomic mass is 32.1. The fourth-order valence-electron chi connectivity index (χ4n) is 2.84. The molecule has 0 aliphatic heterocycles. The second-order valence-corrected chi connectivity index (χ2v) is 7.89. The Bertz CT molecular complexity index is 749. The first-order chi connectivity index (χ1) is 13.9. The van der Waals surface area contributed by atoms with Crippen molar-refractivity contribution in [3.63, 3.8) is 0 Å². The molecule has 1 aromatic carbocycles. The molecule has 0 saturated heterocycles. The van der Waals surface area contributed by atoms with Crippen molar-refractivity contribution in [2.24, 2.45) is 5.73 Å². The number of hydrogen-bond donors (Lipinski definition) is 2. The van der Waals surface area contributed by atoms with Crippen molar-refractivity contribution in [1.82, 2.24) is 10.2 Å². The van der Waals surface area contributed by atoms with Crippen molar-refractivity contribution < 1.29 is 23.0 Å². The fraction of sp³-hybridized carbons (Fsp3) is 0.600. The molecule has 0 aliphatic rings. The minimum atomic E-state index is -4.54. The van der Waals surface area contributed by atoms with Gasteiger partial charge in [-0.05, 0) is 24.6 Å².